The maximum absolute atomic E-state index is 13.8. The molecule has 112 valence electrons. The molecule has 1 aromatic rings. The van der Waals surface area contributed by atoms with E-state index < -0.39 is 5.82 Å². The highest BCUT2D eigenvalue weighted by atomic mass is 19.1. The minimum Gasteiger partial charge on any atom is -0.351 e. The Balaban J connectivity index is 2.01. The van der Waals surface area contributed by atoms with Gasteiger partial charge in [0.2, 0.25) is 0 Å². The van der Waals surface area contributed by atoms with Crippen LogP contribution in [0, 0.1) is 23.1 Å². The summed E-state index contributed by atoms with van der Waals surface area (Å²) in [5.41, 5.74) is 6.10. The molecule has 0 aliphatic heterocycles. The Hall–Kier alpha value is -1.86. The third-order valence-electron chi connectivity index (χ3n) is 4.34. The van der Waals surface area contributed by atoms with Gasteiger partial charge in [-0.1, -0.05) is 25.2 Å². The summed E-state index contributed by atoms with van der Waals surface area (Å²) < 4.78 is 13.8. The normalized spacial score (nSPS) is 15.6. The van der Waals surface area contributed by atoms with E-state index in [1.54, 1.807) is 6.07 Å². The predicted octanol–water partition coefficient (Wildman–Crippen LogP) is 2.45. The number of hydrogen-bond donors (Lipinski definition) is 2. The fraction of sp³-hybridized carbons (Fsp3) is 0.471. The van der Waals surface area contributed by atoms with Gasteiger partial charge in [-0.3, -0.25) is 4.79 Å². The standard InChI is InChI=1S/C17H21FN2O/c1-2-17(8-4-9-17)12-20-16(21)14-7-6-13(5-3-10-19)15(18)11-14/h6-7,11H,2,4,8-10,12,19H2,1H3,(H,20,21). The third kappa shape index (κ3) is 3.62. The molecule has 1 fully saturated rings. The molecule has 0 aromatic heterocycles. The van der Waals surface area contributed by atoms with Gasteiger partial charge >= 0.3 is 0 Å². The maximum atomic E-state index is 13.8. The van der Waals surface area contributed by atoms with E-state index in [1.807, 2.05) is 0 Å². The molecule has 0 atom stereocenters. The van der Waals surface area contributed by atoms with Crippen LogP contribution in [-0.4, -0.2) is 19.0 Å². The molecule has 1 aliphatic carbocycles. The summed E-state index contributed by atoms with van der Waals surface area (Å²) in [6, 6.07) is 4.35. The van der Waals surface area contributed by atoms with Crippen molar-refractivity contribution in [3.05, 3.63) is 35.1 Å². The molecule has 0 unspecified atom stereocenters. The van der Waals surface area contributed by atoms with Crippen molar-refractivity contribution in [1.29, 1.82) is 0 Å². The lowest BCUT2D eigenvalue weighted by Gasteiger charge is -2.41. The fourth-order valence-corrected chi connectivity index (χ4v) is 2.61. The van der Waals surface area contributed by atoms with Gasteiger partial charge in [0.15, 0.2) is 0 Å². The van der Waals surface area contributed by atoms with Crippen molar-refractivity contribution >= 4 is 5.91 Å². The molecule has 4 heteroatoms. The van der Waals surface area contributed by atoms with Crippen molar-refractivity contribution in [2.75, 3.05) is 13.1 Å². The summed E-state index contributed by atoms with van der Waals surface area (Å²) in [7, 11) is 0. The molecule has 3 nitrogen and oxygen atoms in total. The number of hydrogen-bond acceptors (Lipinski definition) is 2. The molecule has 2 rings (SSSR count). The number of amides is 1. The van der Waals surface area contributed by atoms with Crippen molar-refractivity contribution in [1.82, 2.24) is 5.32 Å². The van der Waals surface area contributed by atoms with Crippen LogP contribution in [0.1, 0.15) is 48.5 Å². The summed E-state index contributed by atoms with van der Waals surface area (Å²) in [5.74, 6) is 4.52. The summed E-state index contributed by atoms with van der Waals surface area (Å²) >= 11 is 0. The SMILES string of the molecule is CCC1(CNC(=O)c2ccc(C#CCN)c(F)c2)CCC1. The number of rotatable bonds is 4. The zero-order chi connectivity index (χ0) is 15.3. The summed E-state index contributed by atoms with van der Waals surface area (Å²) in [6.45, 7) is 3.00. The lowest BCUT2D eigenvalue weighted by atomic mass is 9.67. The van der Waals surface area contributed by atoms with Crippen LogP contribution in [0.5, 0.6) is 0 Å². The Kier molecular flexibility index (Phi) is 4.98. The van der Waals surface area contributed by atoms with E-state index in [-0.39, 0.29) is 23.4 Å². The Bertz CT molecular complexity index is 577. The Morgan fingerprint density at radius 3 is 2.76 bits per heavy atom. The lowest BCUT2D eigenvalue weighted by molar-refractivity contribution is 0.0849. The monoisotopic (exact) mass is 288 g/mol. The number of benzene rings is 1. The van der Waals surface area contributed by atoms with E-state index in [4.69, 9.17) is 5.73 Å². The molecule has 0 radical (unpaired) electrons. The quantitative estimate of drug-likeness (QED) is 0.836. The first-order valence-electron chi connectivity index (χ1n) is 7.37. The molecule has 1 saturated carbocycles. The average Bonchev–Trinajstić information content (AvgIpc) is 2.45. The van der Waals surface area contributed by atoms with Gasteiger partial charge in [0.25, 0.3) is 5.91 Å². The van der Waals surface area contributed by atoms with Gasteiger partial charge in [-0.05, 0) is 42.9 Å². The van der Waals surface area contributed by atoms with Crippen molar-refractivity contribution < 1.29 is 9.18 Å². The number of carbonyl (C=O) groups excluding carboxylic acids is 1. The van der Waals surface area contributed by atoms with Crippen LogP contribution < -0.4 is 11.1 Å². The number of halogens is 1. The lowest BCUT2D eigenvalue weighted by Crippen LogP contribution is -2.41. The molecule has 0 saturated heterocycles. The number of carbonyl (C=O) groups is 1. The van der Waals surface area contributed by atoms with Gasteiger partial charge in [-0.15, -0.1) is 0 Å². The largest absolute Gasteiger partial charge is 0.351 e. The van der Waals surface area contributed by atoms with E-state index in [0.29, 0.717) is 12.1 Å². The first kappa shape index (κ1) is 15.5. The zero-order valence-electron chi connectivity index (χ0n) is 12.3. The summed E-state index contributed by atoms with van der Waals surface area (Å²) in [5, 5.41) is 2.92. The molecular formula is C17H21FN2O. The van der Waals surface area contributed by atoms with Gasteiger partial charge in [-0.25, -0.2) is 4.39 Å². The van der Waals surface area contributed by atoms with Crippen LogP contribution in [0.25, 0.3) is 0 Å². The number of nitrogens with two attached hydrogens (primary N) is 1. The second-order valence-corrected chi connectivity index (χ2v) is 5.59. The summed E-state index contributed by atoms with van der Waals surface area (Å²) in [4.78, 5) is 12.1. The maximum Gasteiger partial charge on any atom is 0.251 e. The Labute approximate surface area is 125 Å². The van der Waals surface area contributed by atoms with E-state index in [1.165, 1.54) is 18.6 Å². The van der Waals surface area contributed by atoms with Crippen LogP contribution in [0.2, 0.25) is 0 Å². The van der Waals surface area contributed by atoms with Crippen molar-refractivity contribution in [2.45, 2.75) is 32.6 Å². The molecule has 0 heterocycles. The van der Waals surface area contributed by atoms with E-state index >= 15 is 0 Å². The van der Waals surface area contributed by atoms with Crippen LogP contribution in [0.15, 0.2) is 18.2 Å². The van der Waals surface area contributed by atoms with Crippen molar-refractivity contribution in [3.63, 3.8) is 0 Å². The highest BCUT2D eigenvalue weighted by molar-refractivity contribution is 5.94. The average molecular weight is 288 g/mol. The second-order valence-electron chi connectivity index (χ2n) is 5.59. The first-order chi connectivity index (χ1) is 10.1. The molecule has 1 aromatic carbocycles. The predicted molar refractivity (Wildman–Crippen MR) is 81.2 cm³/mol. The van der Waals surface area contributed by atoms with Gasteiger partial charge in [0, 0.05) is 12.1 Å². The topological polar surface area (TPSA) is 55.1 Å². The van der Waals surface area contributed by atoms with E-state index in [0.717, 1.165) is 19.3 Å². The molecule has 0 spiro atoms. The smallest absolute Gasteiger partial charge is 0.251 e. The van der Waals surface area contributed by atoms with Crippen molar-refractivity contribution in [3.8, 4) is 11.8 Å². The zero-order valence-corrected chi connectivity index (χ0v) is 12.3. The summed E-state index contributed by atoms with van der Waals surface area (Å²) in [6.07, 6.45) is 4.61. The minimum absolute atomic E-state index is 0.181. The third-order valence-corrected chi connectivity index (χ3v) is 4.34. The van der Waals surface area contributed by atoms with Crippen LogP contribution in [0.4, 0.5) is 4.39 Å². The molecule has 21 heavy (non-hydrogen) atoms. The van der Waals surface area contributed by atoms with Crippen LogP contribution in [0.3, 0.4) is 0 Å². The van der Waals surface area contributed by atoms with Crippen molar-refractivity contribution in [2.24, 2.45) is 11.1 Å². The molecule has 1 aliphatic rings. The van der Waals surface area contributed by atoms with E-state index in [9.17, 15) is 9.18 Å². The van der Waals surface area contributed by atoms with Gasteiger partial charge < -0.3 is 11.1 Å². The number of nitrogens with one attached hydrogen (secondary N) is 1. The van der Waals surface area contributed by atoms with Gasteiger partial charge in [-0.2, -0.15) is 0 Å². The van der Waals surface area contributed by atoms with Gasteiger partial charge in [0.05, 0.1) is 12.1 Å². The molecular weight excluding hydrogens is 267 g/mol. The minimum atomic E-state index is -0.488. The fourth-order valence-electron chi connectivity index (χ4n) is 2.61. The van der Waals surface area contributed by atoms with Crippen LogP contribution >= 0.6 is 0 Å². The van der Waals surface area contributed by atoms with Crippen LogP contribution in [-0.2, 0) is 0 Å². The molecule has 3 N–H and O–H groups in total. The Morgan fingerprint density at radius 1 is 1.48 bits per heavy atom. The first-order valence-corrected chi connectivity index (χ1v) is 7.37. The molecule has 0 bridgehead atoms. The molecule has 1 amide bonds. The highest BCUT2D eigenvalue weighted by Crippen LogP contribution is 2.43. The Morgan fingerprint density at radius 2 is 2.24 bits per heavy atom. The van der Waals surface area contributed by atoms with Gasteiger partial charge in [0.1, 0.15) is 5.82 Å². The van der Waals surface area contributed by atoms with E-state index in [2.05, 4.69) is 24.1 Å². The highest BCUT2D eigenvalue weighted by Gasteiger charge is 2.35. The second kappa shape index (κ2) is 6.73.